The zero-order valence-electron chi connectivity index (χ0n) is 17.2. The summed E-state index contributed by atoms with van der Waals surface area (Å²) >= 11 is 6.63. The second-order valence-corrected chi connectivity index (χ2v) is 7.85. The molecule has 12 heteroatoms. The van der Waals surface area contributed by atoms with Crippen molar-refractivity contribution in [2.24, 2.45) is 21.1 Å². The maximum atomic E-state index is 8.85. The van der Waals surface area contributed by atoms with Crippen molar-refractivity contribution in [3.63, 3.8) is 0 Å². The molecule has 0 fully saturated rings. The van der Waals surface area contributed by atoms with Crippen molar-refractivity contribution in [2.45, 2.75) is 33.3 Å². The molecule has 0 atom stereocenters. The molecule has 0 amide bonds. The van der Waals surface area contributed by atoms with Crippen LogP contribution in [0.1, 0.15) is 30.9 Å². The maximum absolute atomic E-state index is 8.85. The Hall–Kier alpha value is -1.47. The molecule has 0 aromatic carbocycles. The van der Waals surface area contributed by atoms with Crippen LogP contribution in [-0.2, 0) is 40.6 Å². The van der Waals surface area contributed by atoms with E-state index in [1.807, 2.05) is 31.9 Å². The number of hydrogen-bond donors (Lipinski definition) is 3. The van der Waals surface area contributed by atoms with Crippen LogP contribution in [0.3, 0.4) is 0 Å². The number of nitrogens with zero attached hydrogens (tertiary/aromatic N) is 6. The number of aliphatic hydroxyl groups is 1. The number of aryl methyl sites for hydroxylation is 5. The van der Waals surface area contributed by atoms with Crippen LogP contribution in [0.4, 0.5) is 0 Å². The van der Waals surface area contributed by atoms with Crippen LogP contribution < -0.4 is 5.46 Å². The molecule has 0 saturated heterocycles. The van der Waals surface area contributed by atoms with Gasteiger partial charge in [-0.05, 0) is 44.7 Å². The average Bonchev–Trinajstić information content (AvgIpc) is 3.31. The van der Waals surface area contributed by atoms with Crippen LogP contribution in [0.15, 0.2) is 27.5 Å². The van der Waals surface area contributed by atoms with E-state index >= 15 is 0 Å². The number of hydrogen-bond acceptors (Lipinski definition) is 6. The Labute approximate surface area is 187 Å². The molecular formula is C17H27BBr2N6O3. The van der Waals surface area contributed by atoms with Gasteiger partial charge in [0.15, 0.2) is 0 Å². The first-order chi connectivity index (χ1) is 13.6. The molecular weight excluding hydrogens is 507 g/mol. The Morgan fingerprint density at radius 1 is 0.793 bits per heavy atom. The normalized spacial score (nSPS) is 10.1. The largest absolute Gasteiger partial charge is 0.491 e. The molecule has 0 bridgehead atoms. The summed E-state index contributed by atoms with van der Waals surface area (Å²) in [5.41, 5.74) is 3.03. The molecule has 160 valence electrons. The molecule has 0 aliphatic carbocycles. The summed E-state index contributed by atoms with van der Waals surface area (Å²) in [7, 11) is 4.08. The molecule has 0 radical (unpaired) electrons. The van der Waals surface area contributed by atoms with Crippen molar-refractivity contribution in [1.29, 1.82) is 0 Å². The molecule has 0 saturated carbocycles. The quantitative estimate of drug-likeness (QED) is 0.432. The summed E-state index contributed by atoms with van der Waals surface area (Å²) in [6.45, 7) is 4.00. The summed E-state index contributed by atoms with van der Waals surface area (Å²) in [4.78, 5) is 0. The third-order valence-electron chi connectivity index (χ3n) is 3.74. The van der Waals surface area contributed by atoms with Gasteiger partial charge in [0.05, 0.1) is 26.9 Å². The van der Waals surface area contributed by atoms with Gasteiger partial charge < -0.3 is 15.2 Å². The minimum absolute atomic E-state index is 0.0125. The Morgan fingerprint density at radius 3 is 1.45 bits per heavy atom. The minimum Gasteiger partial charge on any atom is -0.423 e. The SMILES string of the molecule is CCc1nn(C)cc1B(O)O.CCc1nn(C)cc1Br.Cn1cc(Br)c(CO)n1. The fourth-order valence-corrected chi connectivity index (χ4v) is 3.56. The highest BCUT2D eigenvalue weighted by Crippen LogP contribution is 2.14. The Balaban J connectivity index is 0.000000219. The van der Waals surface area contributed by atoms with Gasteiger partial charge in [0, 0.05) is 45.2 Å². The molecule has 29 heavy (non-hydrogen) atoms. The van der Waals surface area contributed by atoms with E-state index in [4.69, 9.17) is 15.2 Å². The van der Waals surface area contributed by atoms with Gasteiger partial charge in [-0.2, -0.15) is 15.3 Å². The zero-order chi connectivity index (χ0) is 22.1. The predicted octanol–water partition coefficient (Wildman–Crippen LogP) is 1.08. The fraction of sp³-hybridized carbons (Fsp3) is 0.471. The van der Waals surface area contributed by atoms with Crippen molar-refractivity contribution in [3.8, 4) is 0 Å². The molecule has 3 aromatic rings. The lowest BCUT2D eigenvalue weighted by Crippen LogP contribution is -2.31. The smallest absolute Gasteiger partial charge is 0.423 e. The van der Waals surface area contributed by atoms with Gasteiger partial charge >= 0.3 is 7.12 Å². The van der Waals surface area contributed by atoms with Crippen molar-refractivity contribution in [2.75, 3.05) is 0 Å². The molecule has 0 unspecified atom stereocenters. The standard InChI is InChI=1S/C6H11BN2O2.C6H9BrN2.C5H7BrN2O/c1-3-6-5(7(10)11)4-9(2)8-6;1-3-6-5(7)4-9(2)8-6;1-8-2-4(6)5(3-9)7-8/h4,10-11H,3H2,1-2H3;4H,3H2,1-2H3;2,9H,3H2,1H3. The maximum Gasteiger partial charge on any atom is 0.491 e. The Kier molecular flexibility index (Phi) is 10.8. The number of aromatic nitrogens is 6. The lowest BCUT2D eigenvalue weighted by molar-refractivity contribution is 0.275. The van der Waals surface area contributed by atoms with E-state index in [9.17, 15) is 0 Å². The van der Waals surface area contributed by atoms with Gasteiger partial charge in [0.1, 0.15) is 5.69 Å². The van der Waals surface area contributed by atoms with E-state index in [1.54, 1.807) is 28.8 Å². The first-order valence-electron chi connectivity index (χ1n) is 8.98. The third kappa shape index (κ3) is 8.05. The molecule has 0 aliphatic rings. The third-order valence-corrected chi connectivity index (χ3v) is 5.07. The van der Waals surface area contributed by atoms with E-state index < -0.39 is 7.12 Å². The van der Waals surface area contributed by atoms with Crippen LogP contribution >= 0.6 is 31.9 Å². The van der Waals surface area contributed by atoms with Crippen LogP contribution in [0, 0.1) is 0 Å². The van der Waals surface area contributed by atoms with E-state index in [2.05, 4.69) is 54.1 Å². The lowest BCUT2D eigenvalue weighted by Gasteiger charge is -1.94. The van der Waals surface area contributed by atoms with Gasteiger partial charge in [0.2, 0.25) is 0 Å². The van der Waals surface area contributed by atoms with E-state index in [-0.39, 0.29) is 6.61 Å². The van der Waals surface area contributed by atoms with Crippen molar-refractivity contribution < 1.29 is 15.2 Å². The summed E-state index contributed by atoms with van der Waals surface area (Å²) in [6, 6.07) is 0. The highest BCUT2D eigenvalue weighted by atomic mass is 79.9. The minimum atomic E-state index is -1.40. The summed E-state index contributed by atoms with van der Waals surface area (Å²) in [5, 5.41) is 38.5. The monoisotopic (exact) mass is 532 g/mol. The van der Waals surface area contributed by atoms with Crippen LogP contribution in [-0.4, -0.2) is 51.6 Å². The van der Waals surface area contributed by atoms with Crippen molar-refractivity contribution in [3.05, 3.63) is 44.6 Å². The lowest BCUT2D eigenvalue weighted by atomic mass is 9.80. The first-order valence-corrected chi connectivity index (χ1v) is 10.6. The molecule has 3 aromatic heterocycles. The Bertz CT molecular complexity index is 848. The first kappa shape index (κ1) is 25.6. The Morgan fingerprint density at radius 2 is 1.21 bits per heavy atom. The van der Waals surface area contributed by atoms with Crippen molar-refractivity contribution >= 4 is 44.4 Å². The second-order valence-electron chi connectivity index (χ2n) is 6.14. The summed E-state index contributed by atoms with van der Waals surface area (Å²) in [5.74, 6) is 0. The van der Waals surface area contributed by atoms with Gasteiger partial charge in [-0.15, -0.1) is 0 Å². The van der Waals surface area contributed by atoms with Crippen molar-refractivity contribution in [1.82, 2.24) is 29.3 Å². The van der Waals surface area contributed by atoms with Gasteiger partial charge in [-0.25, -0.2) is 0 Å². The number of rotatable bonds is 4. The fourth-order valence-electron chi connectivity index (χ4n) is 2.40. The predicted molar refractivity (Wildman–Crippen MR) is 120 cm³/mol. The molecule has 0 aliphatic heterocycles. The molecule has 3 heterocycles. The zero-order valence-corrected chi connectivity index (χ0v) is 20.4. The van der Waals surface area contributed by atoms with Gasteiger partial charge in [-0.1, -0.05) is 13.8 Å². The molecule has 3 N–H and O–H groups in total. The van der Waals surface area contributed by atoms with Gasteiger partial charge in [0.25, 0.3) is 0 Å². The molecule has 9 nitrogen and oxygen atoms in total. The molecule has 3 rings (SSSR count). The number of aliphatic hydroxyl groups excluding tert-OH is 1. The van der Waals surface area contributed by atoms with E-state index in [0.717, 1.165) is 26.8 Å². The van der Waals surface area contributed by atoms with E-state index in [1.165, 1.54) is 0 Å². The van der Waals surface area contributed by atoms with Crippen LogP contribution in [0.25, 0.3) is 0 Å². The topological polar surface area (TPSA) is 114 Å². The summed E-state index contributed by atoms with van der Waals surface area (Å²) in [6.07, 6.45) is 7.07. The van der Waals surface area contributed by atoms with E-state index in [0.29, 0.717) is 17.6 Å². The highest BCUT2D eigenvalue weighted by molar-refractivity contribution is 9.10. The van der Waals surface area contributed by atoms with Gasteiger partial charge in [-0.3, -0.25) is 14.0 Å². The molecule has 0 spiro atoms. The summed E-state index contributed by atoms with van der Waals surface area (Å²) < 4.78 is 6.99. The highest BCUT2D eigenvalue weighted by Gasteiger charge is 2.17. The second kappa shape index (κ2) is 12.3. The van der Waals surface area contributed by atoms with Crippen LogP contribution in [0.2, 0.25) is 0 Å². The van der Waals surface area contributed by atoms with Crippen LogP contribution in [0.5, 0.6) is 0 Å². The average molecular weight is 534 g/mol. The number of halogens is 2.